The zero-order valence-corrected chi connectivity index (χ0v) is 9.47. The first-order valence-electron chi connectivity index (χ1n) is 4.82. The lowest BCUT2D eigenvalue weighted by atomic mass is 10.1. The molecular weight excluding hydrogens is 228 g/mol. The van der Waals surface area contributed by atoms with Crippen LogP contribution in [0.15, 0.2) is 17.0 Å². The molecule has 0 bridgehead atoms. The maximum Gasteiger partial charge on any atom is 0.511 e. The molecule has 0 saturated carbocycles. The Morgan fingerprint density at radius 3 is 2.88 bits per heavy atom. The molecule has 5 heteroatoms. The number of carbonyl (C=O) groups is 2. The predicted octanol–water partition coefficient (Wildman–Crippen LogP) is 2.62. The minimum absolute atomic E-state index is 0.114. The molecule has 84 valence electrons. The number of hydrogen-bond donors (Lipinski definition) is 1. The Kier molecular flexibility index (Phi) is 2.87. The van der Waals surface area contributed by atoms with Crippen LogP contribution in [0.4, 0.5) is 4.79 Å². The van der Waals surface area contributed by atoms with Gasteiger partial charge in [-0.05, 0) is 25.0 Å². The van der Waals surface area contributed by atoms with Crippen LogP contribution in [-0.4, -0.2) is 16.4 Å². The summed E-state index contributed by atoms with van der Waals surface area (Å²) in [5.74, 6) is 0.299. The van der Waals surface area contributed by atoms with Gasteiger partial charge >= 0.3 is 6.16 Å². The van der Waals surface area contributed by atoms with Crippen LogP contribution in [0, 0.1) is 6.92 Å². The normalized spacial score (nSPS) is 14.4. The largest absolute Gasteiger partial charge is 0.511 e. The van der Waals surface area contributed by atoms with Crippen LogP contribution in [0.25, 0.3) is 0 Å². The van der Waals surface area contributed by atoms with Gasteiger partial charge in [-0.3, -0.25) is 4.79 Å². The molecule has 0 aromatic heterocycles. The maximum absolute atomic E-state index is 11.3. The fraction of sp³-hybridized carbons (Fsp3) is 0.273. The first-order chi connectivity index (χ1) is 7.58. The number of ether oxygens (including phenoxy) is 1. The van der Waals surface area contributed by atoms with E-state index < -0.39 is 6.16 Å². The van der Waals surface area contributed by atoms with Gasteiger partial charge in [-0.1, -0.05) is 17.8 Å². The molecule has 0 aliphatic carbocycles. The van der Waals surface area contributed by atoms with E-state index >= 15 is 0 Å². The lowest BCUT2D eigenvalue weighted by Gasteiger charge is -2.17. The second-order valence-electron chi connectivity index (χ2n) is 3.52. The summed E-state index contributed by atoms with van der Waals surface area (Å²) in [6.45, 7) is 1.77. The summed E-state index contributed by atoms with van der Waals surface area (Å²) < 4.78 is 4.64. The summed E-state index contributed by atoms with van der Waals surface area (Å²) in [5.41, 5.74) is 1.80. The van der Waals surface area contributed by atoms with Crippen LogP contribution < -0.4 is 4.74 Å². The van der Waals surface area contributed by atoms with Crippen molar-refractivity contribution in [3.8, 4) is 5.75 Å². The van der Waals surface area contributed by atoms with Gasteiger partial charge in [-0.15, -0.1) is 0 Å². The third-order valence-electron chi connectivity index (χ3n) is 2.45. The highest BCUT2D eigenvalue weighted by Crippen LogP contribution is 2.37. The van der Waals surface area contributed by atoms with Crippen LogP contribution in [-0.2, 0) is 11.2 Å². The molecule has 0 unspecified atom stereocenters. The van der Waals surface area contributed by atoms with E-state index in [0.717, 1.165) is 22.4 Å². The van der Waals surface area contributed by atoms with E-state index in [-0.39, 0.29) is 5.12 Å². The number of benzene rings is 1. The minimum Gasteiger partial charge on any atom is -0.449 e. The Morgan fingerprint density at radius 2 is 2.19 bits per heavy atom. The van der Waals surface area contributed by atoms with Crippen molar-refractivity contribution in [3.63, 3.8) is 0 Å². The number of carbonyl (C=O) groups excluding carboxylic acids is 1. The highest BCUT2D eigenvalue weighted by molar-refractivity contribution is 8.13. The number of aryl methyl sites for hydroxylation is 1. The molecule has 16 heavy (non-hydrogen) atoms. The van der Waals surface area contributed by atoms with Gasteiger partial charge in [0.1, 0.15) is 5.75 Å². The lowest BCUT2D eigenvalue weighted by molar-refractivity contribution is -0.111. The average Bonchev–Trinajstić information content (AvgIpc) is 2.22. The van der Waals surface area contributed by atoms with E-state index in [9.17, 15) is 9.59 Å². The van der Waals surface area contributed by atoms with Crippen molar-refractivity contribution < 1.29 is 19.4 Å². The SMILES string of the molecule is Cc1c(OC(=O)O)ccc2c1SC(=O)CC2. The van der Waals surface area contributed by atoms with Crippen LogP contribution in [0.3, 0.4) is 0 Å². The van der Waals surface area contributed by atoms with Crippen molar-refractivity contribution in [3.05, 3.63) is 23.3 Å². The zero-order valence-electron chi connectivity index (χ0n) is 8.65. The maximum atomic E-state index is 11.3. The number of rotatable bonds is 1. The van der Waals surface area contributed by atoms with Crippen molar-refractivity contribution in [1.82, 2.24) is 0 Å². The first kappa shape index (κ1) is 11.0. The average molecular weight is 238 g/mol. The Morgan fingerprint density at radius 1 is 1.44 bits per heavy atom. The smallest absolute Gasteiger partial charge is 0.449 e. The summed E-state index contributed by atoms with van der Waals surface area (Å²) in [4.78, 5) is 22.6. The Bertz CT molecular complexity index is 467. The quantitative estimate of drug-likeness (QED) is 0.602. The molecule has 1 N–H and O–H groups in total. The Hall–Kier alpha value is -1.49. The molecule has 0 amide bonds. The number of hydrogen-bond acceptors (Lipinski definition) is 4. The number of thioether (sulfide) groups is 1. The van der Waals surface area contributed by atoms with Crippen LogP contribution >= 0.6 is 11.8 Å². The second-order valence-corrected chi connectivity index (χ2v) is 4.59. The van der Waals surface area contributed by atoms with Gasteiger partial charge in [0.2, 0.25) is 0 Å². The van der Waals surface area contributed by atoms with Crippen LogP contribution in [0.1, 0.15) is 17.5 Å². The van der Waals surface area contributed by atoms with Gasteiger partial charge in [0.15, 0.2) is 5.12 Å². The fourth-order valence-corrected chi connectivity index (χ4v) is 2.66. The third kappa shape index (κ3) is 2.04. The molecule has 1 aromatic rings. The van der Waals surface area contributed by atoms with Gasteiger partial charge < -0.3 is 9.84 Å². The molecule has 1 heterocycles. The molecule has 1 aromatic carbocycles. The van der Waals surface area contributed by atoms with Gasteiger partial charge in [0.05, 0.1) is 0 Å². The molecule has 2 rings (SSSR count). The molecule has 4 nitrogen and oxygen atoms in total. The number of fused-ring (bicyclic) bond motifs is 1. The van der Waals surface area contributed by atoms with Crippen molar-refractivity contribution in [2.45, 2.75) is 24.7 Å². The predicted molar refractivity (Wildman–Crippen MR) is 59.0 cm³/mol. The van der Waals surface area contributed by atoms with E-state index in [1.807, 2.05) is 6.07 Å². The molecule has 0 spiro atoms. The standard InChI is InChI=1S/C11H10O4S/c1-6-8(15-11(13)14)4-2-7-3-5-9(12)16-10(6)7/h2,4H,3,5H2,1H3,(H,13,14). The van der Waals surface area contributed by atoms with Gasteiger partial charge in [-0.2, -0.15) is 0 Å². The fourth-order valence-electron chi connectivity index (χ4n) is 1.67. The van der Waals surface area contributed by atoms with Crippen LogP contribution in [0.2, 0.25) is 0 Å². The zero-order chi connectivity index (χ0) is 11.7. The minimum atomic E-state index is -1.34. The highest BCUT2D eigenvalue weighted by atomic mass is 32.2. The van der Waals surface area contributed by atoms with Crippen molar-refractivity contribution in [1.29, 1.82) is 0 Å². The summed E-state index contributed by atoms with van der Waals surface area (Å²) >= 11 is 1.17. The van der Waals surface area contributed by atoms with Crippen LogP contribution in [0.5, 0.6) is 5.75 Å². The van der Waals surface area contributed by atoms with E-state index in [1.165, 1.54) is 11.8 Å². The summed E-state index contributed by atoms with van der Waals surface area (Å²) in [6, 6.07) is 3.46. The molecule has 1 aliphatic rings. The Balaban J connectivity index is 2.41. The highest BCUT2D eigenvalue weighted by Gasteiger charge is 2.20. The lowest BCUT2D eigenvalue weighted by Crippen LogP contribution is -2.09. The summed E-state index contributed by atoms with van der Waals surface area (Å²) in [7, 11) is 0. The summed E-state index contributed by atoms with van der Waals surface area (Å²) in [6.07, 6.45) is -0.0822. The van der Waals surface area contributed by atoms with Gasteiger partial charge in [0.25, 0.3) is 0 Å². The number of carboxylic acid groups (broad SMARTS) is 1. The second kappa shape index (κ2) is 4.17. The van der Waals surface area contributed by atoms with E-state index in [1.54, 1.807) is 13.0 Å². The summed E-state index contributed by atoms with van der Waals surface area (Å²) in [5, 5.41) is 8.67. The van der Waals surface area contributed by atoms with E-state index in [0.29, 0.717) is 12.2 Å². The molecule has 0 saturated heterocycles. The van der Waals surface area contributed by atoms with Crippen molar-refractivity contribution in [2.24, 2.45) is 0 Å². The molecule has 1 aliphatic heterocycles. The molecule has 0 fully saturated rings. The molecule has 0 radical (unpaired) electrons. The van der Waals surface area contributed by atoms with Gasteiger partial charge in [-0.25, -0.2) is 4.79 Å². The van der Waals surface area contributed by atoms with Crippen molar-refractivity contribution >= 4 is 23.0 Å². The topological polar surface area (TPSA) is 63.6 Å². The third-order valence-corrected chi connectivity index (χ3v) is 3.65. The van der Waals surface area contributed by atoms with Gasteiger partial charge in [0, 0.05) is 16.9 Å². The van der Waals surface area contributed by atoms with E-state index in [4.69, 9.17) is 5.11 Å². The Labute approximate surface area is 96.6 Å². The molecule has 0 atom stereocenters. The first-order valence-corrected chi connectivity index (χ1v) is 5.63. The monoisotopic (exact) mass is 238 g/mol. The molecular formula is C11H10O4S. The van der Waals surface area contributed by atoms with Crippen molar-refractivity contribution in [2.75, 3.05) is 0 Å². The van der Waals surface area contributed by atoms with E-state index in [2.05, 4.69) is 4.74 Å².